The van der Waals surface area contributed by atoms with Gasteiger partial charge in [0.1, 0.15) is 22.5 Å². The lowest BCUT2D eigenvalue weighted by Crippen LogP contribution is -2.42. The van der Waals surface area contributed by atoms with Crippen LogP contribution in [-0.2, 0) is 13.0 Å². The second-order valence-corrected chi connectivity index (χ2v) is 11.6. The lowest BCUT2D eigenvalue weighted by molar-refractivity contribution is -0.126. The monoisotopic (exact) mass is 524 g/mol. The lowest BCUT2D eigenvalue weighted by atomic mass is 9.77. The van der Waals surface area contributed by atoms with Gasteiger partial charge in [-0.15, -0.1) is 11.3 Å². The van der Waals surface area contributed by atoms with E-state index in [1.54, 1.807) is 6.07 Å². The van der Waals surface area contributed by atoms with E-state index >= 15 is 0 Å². The molecule has 0 aliphatic carbocycles. The molecule has 192 valence electrons. The van der Waals surface area contributed by atoms with Crippen LogP contribution in [0.4, 0.5) is 24.8 Å². The van der Waals surface area contributed by atoms with Gasteiger partial charge in [0.25, 0.3) is 0 Å². The molecule has 2 saturated heterocycles. The first-order valence-corrected chi connectivity index (χ1v) is 13.3. The van der Waals surface area contributed by atoms with Gasteiger partial charge in [0, 0.05) is 36.4 Å². The molecular formula is C27H27F3N6S. The van der Waals surface area contributed by atoms with Crippen molar-refractivity contribution < 1.29 is 13.2 Å². The quantitative estimate of drug-likeness (QED) is 0.305. The van der Waals surface area contributed by atoms with Gasteiger partial charge in [0.15, 0.2) is 0 Å². The third-order valence-corrected chi connectivity index (χ3v) is 9.10. The first-order chi connectivity index (χ1) is 17.7. The molecule has 3 aromatic heterocycles. The number of piperidine rings is 1. The number of alkyl halides is 3. The van der Waals surface area contributed by atoms with Gasteiger partial charge in [-0.05, 0) is 67.5 Å². The summed E-state index contributed by atoms with van der Waals surface area (Å²) in [5, 5.41) is 1.85. The number of likely N-dealkylation sites (tertiary alicyclic amines) is 1. The summed E-state index contributed by atoms with van der Waals surface area (Å²) in [4.78, 5) is 21.1. The molecule has 5 heterocycles. The number of rotatable bonds is 4. The molecule has 0 atom stereocenters. The van der Waals surface area contributed by atoms with E-state index in [2.05, 4.69) is 48.7 Å². The molecule has 1 aromatic carbocycles. The normalized spacial score (nSPS) is 18.3. The van der Waals surface area contributed by atoms with E-state index < -0.39 is 12.6 Å². The number of benzene rings is 1. The number of anilines is 1. The molecule has 0 amide bonds. The van der Waals surface area contributed by atoms with Crippen molar-refractivity contribution >= 4 is 44.1 Å². The number of aromatic amines is 1. The van der Waals surface area contributed by atoms with Crippen LogP contribution < -0.4 is 4.90 Å². The Kier molecular flexibility index (Phi) is 5.88. The van der Waals surface area contributed by atoms with Crippen molar-refractivity contribution in [2.45, 2.75) is 45.3 Å². The number of H-pyrrole nitrogens is 1. The summed E-state index contributed by atoms with van der Waals surface area (Å²) in [7, 11) is 0. The number of aryl methyl sites for hydroxylation is 1. The number of thiophene rings is 1. The first-order valence-electron chi connectivity index (χ1n) is 12.5. The first kappa shape index (κ1) is 24.2. The SMILES string of the molecule is [C-]#[N+]c1cc2c(C)c(CN3CCC4(CCN(c5ncnc6sc(CC(F)(F)F)cc56)CC4)C3)ccc2[nH]1. The third-order valence-electron chi connectivity index (χ3n) is 8.06. The van der Waals surface area contributed by atoms with E-state index in [-0.39, 0.29) is 10.3 Å². The predicted octanol–water partition coefficient (Wildman–Crippen LogP) is 6.63. The summed E-state index contributed by atoms with van der Waals surface area (Å²) in [5.74, 6) is 1.33. The van der Waals surface area contributed by atoms with Crippen molar-refractivity contribution in [2.75, 3.05) is 31.1 Å². The van der Waals surface area contributed by atoms with E-state index in [9.17, 15) is 13.2 Å². The standard InChI is InChI=1S/C27H27F3N6S/c1-17-18(3-4-22-20(17)12-23(31-2)34-22)14-35-8-5-26(15-35)6-9-36(10-7-26)24-21-11-19(13-27(28,29)30)37-25(21)33-16-32-24/h3-4,11-12,16,34H,5-10,13-15H2,1H3. The molecule has 0 saturated carbocycles. The summed E-state index contributed by atoms with van der Waals surface area (Å²) < 4.78 is 38.7. The maximum atomic E-state index is 12.9. The second-order valence-electron chi connectivity index (χ2n) is 10.4. The Morgan fingerprint density at radius 1 is 1.11 bits per heavy atom. The fourth-order valence-electron chi connectivity index (χ4n) is 6.05. The fourth-order valence-corrected chi connectivity index (χ4v) is 7.07. The van der Waals surface area contributed by atoms with Gasteiger partial charge in [-0.3, -0.25) is 4.90 Å². The van der Waals surface area contributed by atoms with Crippen LogP contribution in [0.5, 0.6) is 0 Å². The number of nitrogens with one attached hydrogen (secondary N) is 1. The molecule has 4 aromatic rings. The molecule has 2 fully saturated rings. The predicted molar refractivity (Wildman–Crippen MR) is 140 cm³/mol. The van der Waals surface area contributed by atoms with Crippen LogP contribution in [0.3, 0.4) is 0 Å². The highest BCUT2D eigenvalue weighted by atomic mass is 32.1. The van der Waals surface area contributed by atoms with Gasteiger partial charge in [0.2, 0.25) is 5.82 Å². The summed E-state index contributed by atoms with van der Waals surface area (Å²) in [6, 6.07) is 7.80. The number of fused-ring (bicyclic) bond motifs is 2. The second kappa shape index (κ2) is 8.99. The average molecular weight is 525 g/mol. The van der Waals surface area contributed by atoms with Crippen molar-refractivity contribution in [2.24, 2.45) is 5.41 Å². The molecule has 0 unspecified atom stereocenters. The Morgan fingerprint density at radius 3 is 2.65 bits per heavy atom. The Bertz CT molecular complexity index is 1510. The molecule has 1 N–H and O–H groups in total. The number of hydrogen-bond acceptors (Lipinski definition) is 5. The van der Waals surface area contributed by atoms with Gasteiger partial charge in [-0.2, -0.15) is 13.2 Å². The van der Waals surface area contributed by atoms with E-state index in [1.165, 1.54) is 17.5 Å². The summed E-state index contributed by atoms with van der Waals surface area (Å²) in [6.07, 6.45) is -0.451. The minimum absolute atomic E-state index is 0.266. The van der Waals surface area contributed by atoms with Gasteiger partial charge in [0.05, 0.1) is 11.8 Å². The van der Waals surface area contributed by atoms with Crippen molar-refractivity contribution in [1.82, 2.24) is 19.9 Å². The van der Waals surface area contributed by atoms with Gasteiger partial charge < -0.3 is 14.7 Å². The Morgan fingerprint density at radius 2 is 1.89 bits per heavy atom. The minimum Gasteiger partial charge on any atom is -0.364 e. The van der Waals surface area contributed by atoms with Gasteiger partial charge in [-0.25, -0.2) is 9.97 Å². The van der Waals surface area contributed by atoms with E-state index in [4.69, 9.17) is 6.57 Å². The third kappa shape index (κ3) is 4.66. The van der Waals surface area contributed by atoms with Crippen LogP contribution >= 0.6 is 11.3 Å². The molecule has 2 aliphatic heterocycles. The number of hydrogen-bond donors (Lipinski definition) is 1. The van der Waals surface area contributed by atoms with Gasteiger partial charge >= 0.3 is 6.18 Å². The van der Waals surface area contributed by atoms with E-state index in [0.29, 0.717) is 10.6 Å². The van der Waals surface area contributed by atoms with E-state index in [1.807, 2.05) is 6.07 Å². The number of aromatic nitrogens is 3. The van der Waals surface area contributed by atoms with Crippen LogP contribution in [0.25, 0.3) is 26.0 Å². The zero-order chi connectivity index (χ0) is 25.8. The van der Waals surface area contributed by atoms with Crippen LogP contribution in [0.15, 0.2) is 30.6 Å². The van der Waals surface area contributed by atoms with Crippen molar-refractivity contribution in [1.29, 1.82) is 0 Å². The molecule has 37 heavy (non-hydrogen) atoms. The molecule has 10 heteroatoms. The number of nitrogens with zero attached hydrogens (tertiary/aromatic N) is 5. The van der Waals surface area contributed by atoms with Crippen LogP contribution in [0.2, 0.25) is 0 Å². The highest BCUT2D eigenvalue weighted by molar-refractivity contribution is 7.18. The molecule has 0 bridgehead atoms. The van der Waals surface area contributed by atoms with Crippen molar-refractivity contribution in [3.8, 4) is 0 Å². The Balaban J connectivity index is 1.13. The van der Waals surface area contributed by atoms with E-state index in [0.717, 1.165) is 85.4 Å². The Hall–Kier alpha value is -3.16. The highest BCUT2D eigenvalue weighted by Gasteiger charge is 2.41. The number of halogens is 3. The summed E-state index contributed by atoms with van der Waals surface area (Å²) >= 11 is 1.11. The van der Waals surface area contributed by atoms with Crippen molar-refractivity contribution in [3.63, 3.8) is 0 Å². The molecular weight excluding hydrogens is 497 g/mol. The minimum atomic E-state index is -4.23. The summed E-state index contributed by atoms with van der Waals surface area (Å²) in [6.45, 7) is 14.1. The topological polar surface area (TPSA) is 52.4 Å². The molecule has 1 spiro atoms. The average Bonchev–Trinajstić information content (AvgIpc) is 3.57. The molecule has 6 nitrogen and oxygen atoms in total. The van der Waals surface area contributed by atoms with Crippen LogP contribution in [0.1, 0.15) is 35.3 Å². The largest absolute Gasteiger partial charge is 0.393 e. The van der Waals surface area contributed by atoms with Crippen molar-refractivity contribution in [3.05, 3.63) is 58.0 Å². The smallest absolute Gasteiger partial charge is 0.364 e. The maximum absolute atomic E-state index is 12.9. The molecule has 6 rings (SSSR count). The Labute approximate surface area is 216 Å². The fraction of sp³-hybridized carbons (Fsp3) is 0.444. The molecule has 0 radical (unpaired) electrons. The lowest BCUT2D eigenvalue weighted by Gasteiger charge is -2.40. The zero-order valence-electron chi connectivity index (χ0n) is 20.5. The van der Waals surface area contributed by atoms with Crippen LogP contribution in [-0.4, -0.2) is 52.2 Å². The van der Waals surface area contributed by atoms with Crippen LogP contribution in [0, 0.1) is 18.9 Å². The molecule has 2 aliphatic rings. The maximum Gasteiger partial charge on any atom is 0.393 e. The zero-order valence-corrected chi connectivity index (χ0v) is 21.3. The highest BCUT2D eigenvalue weighted by Crippen LogP contribution is 2.43. The summed E-state index contributed by atoms with van der Waals surface area (Å²) in [5.41, 5.74) is 3.80. The van der Waals surface area contributed by atoms with Gasteiger partial charge in [-0.1, -0.05) is 12.6 Å².